The molecule has 0 bridgehead atoms. The van der Waals surface area contributed by atoms with E-state index in [9.17, 15) is 9.59 Å². The number of hydrogen-bond donors (Lipinski definition) is 0. The van der Waals surface area contributed by atoms with E-state index in [0.717, 1.165) is 22.3 Å². The summed E-state index contributed by atoms with van der Waals surface area (Å²) in [5.41, 5.74) is 4.40. The van der Waals surface area contributed by atoms with Crippen LogP contribution >= 0.6 is 0 Å². The summed E-state index contributed by atoms with van der Waals surface area (Å²) in [6, 6.07) is 18.4. The summed E-state index contributed by atoms with van der Waals surface area (Å²) < 4.78 is 17.7. The Morgan fingerprint density at radius 1 is 0.833 bits per heavy atom. The van der Waals surface area contributed by atoms with E-state index in [4.69, 9.17) is 13.9 Å². The first-order chi connectivity index (χ1) is 17.4. The summed E-state index contributed by atoms with van der Waals surface area (Å²) in [7, 11) is 0. The van der Waals surface area contributed by atoms with Crippen LogP contribution in [0.1, 0.15) is 58.3 Å². The molecule has 4 aromatic rings. The van der Waals surface area contributed by atoms with Gasteiger partial charge in [-0.3, -0.25) is 9.59 Å². The summed E-state index contributed by atoms with van der Waals surface area (Å²) in [6.07, 6.45) is 0. The molecule has 0 saturated heterocycles. The van der Waals surface area contributed by atoms with Gasteiger partial charge >= 0.3 is 0 Å². The van der Waals surface area contributed by atoms with E-state index in [1.807, 2.05) is 82.3 Å². The molecule has 0 radical (unpaired) electrons. The second-order valence-electron chi connectivity index (χ2n) is 9.07. The lowest BCUT2D eigenvalue weighted by Gasteiger charge is -2.26. The van der Waals surface area contributed by atoms with Crippen LogP contribution in [0.25, 0.3) is 11.0 Å². The largest absolute Gasteiger partial charge is 0.490 e. The number of nitrogens with zero attached hydrogens (tertiary/aromatic N) is 1. The van der Waals surface area contributed by atoms with Crippen molar-refractivity contribution in [1.82, 2.24) is 4.90 Å². The van der Waals surface area contributed by atoms with Crippen LogP contribution in [0.5, 0.6) is 11.5 Å². The lowest BCUT2D eigenvalue weighted by atomic mass is 9.97. The molecule has 1 aliphatic rings. The highest BCUT2D eigenvalue weighted by Gasteiger charge is 2.43. The van der Waals surface area contributed by atoms with Crippen LogP contribution in [-0.4, -0.2) is 24.0 Å². The molecule has 1 amide bonds. The van der Waals surface area contributed by atoms with Crippen LogP contribution in [0.4, 0.5) is 0 Å². The standard InChI is InChI=1S/C30H29NO5/c1-5-34-24-14-12-21(16-25(24)35-6-2)27-26-28(32)22-15-19(4)9-13-23(22)36-29(26)30(33)31(27)17-20-10-7-18(3)8-11-20/h7-16,27H,5-6,17H2,1-4H3. The van der Waals surface area contributed by atoms with E-state index in [2.05, 4.69) is 0 Å². The first-order valence-corrected chi connectivity index (χ1v) is 12.2. The van der Waals surface area contributed by atoms with Gasteiger partial charge in [0.2, 0.25) is 5.76 Å². The molecule has 1 atom stereocenters. The summed E-state index contributed by atoms with van der Waals surface area (Å²) in [6.45, 7) is 9.07. The average molecular weight is 484 g/mol. The van der Waals surface area contributed by atoms with Gasteiger partial charge in [0, 0.05) is 6.54 Å². The van der Waals surface area contributed by atoms with Crippen molar-refractivity contribution in [1.29, 1.82) is 0 Å². The maximum atomic E-state index is 13.8. The van der Waals surface area contributed by atoms with E-state index >= 15 is 0 Å². The molecule has 2 heterocycles. The fourth-order valence-corrected chi connectivity index (χ4v) is 4.77. The van der Waals surface area contributed by atoms with Crippen molar-refractivity contribution in [3.05, 3.63) is 104 Å². The van der Waals surface area contributed by atoms with Crippen molar-refractivity contribution in [2.45, 2.75) is 40.3 Å². The van der Waals surface area contributed by atoms with E-state index < -0.39 is 6.04 Å². The summed E-state index contributed by atoms with van der Waals surface area (Å²) in [5.74, 6) is 0.996. The predicted molar refractivity (Wildman–Crippen MR) is 139 cm³/mol. The number of benzene rings is 3. The van der Waals surface area contributed by atoms with Crippen molar-refractivity contribution in [3.8, 4) is 11.5 Å². The molecule has 1 aromatic heterocycles. The zero-order valence-electron chi connectivity index (χ0n) is 21.0. The molecular weight excluding hydrogens is 454 g/mol. The number of amides is 1. The average Bonchev–Trinajstić information content (AvgIpc) is 3.14. The van der Waals surface area contributed by atoms with Crippen LogP contribution in [0, 0.1) is 13.8 Å². The van der Waals surface area contributed by atoms with Crippen molar-refractivity contribution in [3.63, 3.8) is 0 Å². The Morgan fingerprint density at radius 3 is 2.25 bits per heavy atom. The topological polar surface area (TPSA) is 69.0 Å². The van der Waals surface area contributed by atoms with Gasteiger partial charge in [-0.15, -0.1) is 0 Å². The summed E-state index contributed by atoms with van der Waals surface area (Å²) in [5, 5.41) is 0.472. The van der Waals surface area contributed by atoms with Gasteiger partial charge in [0.1, 0.15) is 5.58 Å². The lowest BCUT2D eigenvalue weighted by molar-refractivity contribution is 0.0714. The lowest BCUT2D eigenvalue weighted by Crippen LogP contribution is -2.29. The highest BCUT2D eigenvalue weighted by molar-refractivity contribution is 5.99. The van der Waals surface area contributed by atoms with Gasteiger partial charge in [0.15, 0.2) is 16.9 Å². The second kappa shape index (κ2) is 9.53. The van der Waals surface area contributed by atoms with Crippen LogP contribution in [0.15, 0.2) is 69.9 Å². The van der Waals surface area contributed by atoms with Gasteiger partial charge in [0.05, 0.1) is 30.2 Å². The number of carbonyl (C=O) groups excluding carboxylic acids is 1. The van der Waals surface area contributed by atoms with Crippen molar-refractivity contribution in [2.75, 3.05) is 13.2 Å². The molecule has 1 unspecified atom stereocenters. The third-order valence-corrected chi connectivity index (χ3v) is 6.48. The minimum Gasteiger partial charge on any atom is -0.490 e. The van der Waals surface area contributed by atoms with Gasteiger partial charge < -0.3 is 18.8 Å². The van der Waals surface area contributed by atoms with E-state index in [0.29, 0.717) is 47.8 Å². The normalized spacial score (nSPS) is 14.8. The Balaban J connectivity index is 1.71. The monoisotopic (exact) mass is 483 g/mol. The molecule has 3 aromatic carbocycles. The zero-order chi connectivity index (χ0) is 25.4. The van der Waals surface area contributed by atoms with Gasteiger partial charge in [-0.2, -0.15) is 0 Å². The highest BCUT2D eigenvalue weighted by atomic mass is 16.5. The van der Waals surface area contributed by atoms with Crippen molar-refractivity contribution < 1.29 is 18.7 Å². The fourth-order valence-electron chi connectivity index (χ4n) is 4.77. The first kappa shape index (κ1) is 23.7. The first-order valence-electron chi connectivity index (χ1n) is 12.2. The molecule has 184 valence electrons. The molecule has 0 saturated carbocycles. The molecule has 0 N–H and O–H groups in total. The number of hydrogen-bond acceptors (Lipinski definition) is 5. The fraction of sp³-hybridized carbons (Fsp3) is 0.267. The second-order valence-corrected chi connectivity index (χ2v) is 9.07. The zero-order valence-corrected chi connectivity index (χ0v) is 21.0. The van der Waals surface area contributed by atoms with E-state index in [1.165, 1.54) is 0 Å². The number of ether oxygens (including phenoxy) is 2. The molecule has 5 rings (SSSR count). The Hall–Kier alpha value is -4.06. The maximum Gasteiger partial charge on any atom is 0.291 e. The van der Waals surface area contributed by atoms with Gasteiger partial charge in [0.25, 0.3) is 5.91 Å². The molecule has 0 fully saturated rings. The predicted octanol–water partition coefficient (Wildman–Crippen LogP) is 5.95. The molecule has 6 nitrogen and oxygen atoms in total. The van der Waals surface area contributed by atoms with Gasteiger partial charge in [-0.25, -0.2) is 0 Å². The number of fused-ring (bicyclic) bond motifs is 2. The van der Waals surface area contributed by atoms with E-state index in [-0.39, 0.29) is 17.1 Å². The Labute approximate surface area is 210 Å². The molecular formula is C30H29NO5. The van der Waals surface area contributed by atoms with Gasteiger partial charge in [-0.05, 0) is 63.1 Å². The summed E-state index contributed by atoms with van der Waals surface area (Å²) >= 11 is 0. The molecule has 1 aliphatic heterocycles. The van der Waals surface area contributed by atoms with Gasteiger partial charge in [-0.1, -0.05) is 47.5 Å². The minimum absolute atomic E-state index is 0.0975. The Morgan fingerprint density at radius 2 is 1.53 bits per heavy atom. The summed E-state index contributed by atoms with van der Waals surface area (Å²) in [4.78, 5) is 29.3. The smallest absolute Gasteiger partial charge is 0.291 e. The third kappa shape index (κ3) is 4.13. The highest BCUT2D eigenvalue weighted by Crippen LogP contribution is 2.41. The van der Waals surface area contributed by atoms with Crippen LogP contribution in [-0.2, 0) is 6.54 Å². The maximum absolute atomic E-state index is 13.8. The number of rotatable bonds is 7. The quantitative estimate of drug-likeness (QED) is 0.325. The Kier molecular flexibility index (Phi) is 6.27. The molecule has 0 aliphatic carbocycles. The third-order valence-electron chi connectivity index (χ3n) is 6.48. The van der Waals surface area contributed by atoms with Crippen LogP contribution < -0.4 is 14.9 Å². The minimum atomic E-state index is -0.621. The van der Waals surface area contributed by atoms with Crippen LogP contribution in [0.3, 0.4) is 0 Å². The van der Waals surface area contributed by atoms with Crippen molar-refractivity contribution in [2.24, 2.45) is 0 Å². The van der Waals surface area contributed by atoms with Crippen molar-refractivity contribution >= 4 is 16.9 Å². The molecule has 6 heteroatoms. The molecule has 36 heavy (non-hydrogen) atoms. The molecule has 0 spiro atoms. The van der Waals surface area contributed by atoms with E-state index in [1.54, 1.807) is 11.0 Å². The number of aryl methyl sites for hydroxylation is 2. The Bertz CT molecular complexity index is 1500. The number of carbonyl (C=O) groups is 1. The van der Waals surface area contributed by atoms with Crippen LogP contribution in [0.2, 0.25) is 0 Å². The SMILES string of the molecule is CCOc1ccc(C2c3c(oc4ccc(C)cc4c3=O)C(=O)N2Cc2ccc(C)cc2)cc1OCC.